The predicted octanol–water partition coefficient (Wildman–Crippen LogP) is 2.78. The molecule has 0 unspecified atom stereocenters. The van der Waals surface area contributed by atoms with Crippen LogP contribution in [0.1, 0.15) is 12.0 Å². The van der Waals surface area contributed by atoms with Gasteiger partial charge in [-0.3, -0.25) is 0 Å². The lowest BCUT2D eigenvalue weighted by atomic mass is 10.1. The Morgan fingerprint density at radius 3 is 2.85 bits per heavy atom. The zero-order chi connectivity index (χ0) is 9.52. The zero-order valence-electron chi connectivity index (χ0n) is 7.75. The van der Waals surface area contributed by atoms with Gasteiger partial charge in [-0.1, -0.05) is 30.4 Å². The van der Waals surface area contributed by atoms with Gasteiger partial charge in [-0.25, -0.2) is 0 Å². The maximum Gasteiger partial charge on any atom is 0.0411 e. The Kier molecular flexibility index (Phi) is 3.76. The molecule has 0 fully saturated rings. The van der Waals surface area contributed by atoms with Gasteiger partial charge in [-0.15, -0.1) is 0 Å². The normalized spacial score (nSPS) is 10.2. The highest BCUT2D eigenvalue weighted by atomic mass is 14.8. The molecule has 0 heterocycles. The molecule has 13 heavy (non-hydrogen) atoms. The fourth-order valence-corrected chi connectivity index (χ4v) is 1.13. The molecule has 68 valence electrons. The molecule has 1 aromatic carbocycles. The molecular formula is C11H14N2. The number of benzene rings is 1. The van der Waals surface area contributed by atoms with Crippen LogP contribution in [0, 0.1) is 5.41 Å². The average molecular weight is 174 g/mol. The molecule has 0 aliphatic carbocycles. The fourth-order valence-electron chi connectivity index (χ4n) is 1.13. The van der Waals surface area contributed by atoms with Gasteiger partial charge in [0.25, 0.3) is 0 Å². The first-order chi connectivity index (χ1) is 6.38. The first-order valence-electron chi connectivity index (χ1n) is 4.30. The lowest BCUT2D eigenvalue weighted by molar-refractivity contribution is 1.44. The van der Waals surface area contributed by atoms with Gasteiger partial charge in [0.05, 0.1) is 0 Å². The minimum atomic E-state index is 0.693. The van der Waals surface area contributed by atoms with Crippen LogP contribution in [0.4, 0.5) is 5.69 Å². The van der Waals surface area contributed by atoms with E-state index in [0.29, 0.717) is 6.42 Å². The van der Waals surface area contributed by atoms with Crippen LogP contribution in [0.15, 0.2) is 30.3 Å². The Morgan fingerprint density at radius 2 is 2.15 bits per heavy atom. The fraction of sp³-hybridized carbons (Fsp3) is 0.182. The molecule has 0 saturated heterocycles. The van der Waals surface area contributed by atoms with Crippen molar-refractivity contribution < 1.29 is 0 Å². The lowest BCUT2D eigenvalue weighted by Gasteiger charge is -2.03. The van der Waals surface area contributed by atoms with Crippen molar-refractivity contribution in [2.75, 3.05) is 12.4 Å². The quantitative estimate of drug-likeness (QED) is 0.676. The second kappa shape index (κ2) is 5.14. The van der Waals surface area contributed by atoms with Gasteiger partial charge in [0.15, 0.2) is 0 Å². The summed E-state index contributed by atoms with van der Waals surface area (Å²) in [7, 11) is 1.91. The summed E-state index contributed by atoms with van der Waals surface area (Å²) in [5, 5.41) is 9.99. The second-order valence-corrected chi connectivity index (χ2v) is 2.68. The standard InChI is InChI=1S/C11H14N2/c1-13-11-8-3-2-6-10(11)7-4-5-9-12/h2-4,6-9,12-13H,5H2,1H3/b7-4-,12-9?. The first kappa shape index (κ1) is 9.52. The van der Waals surface area contributed by atoms with Gasteiger partial charge in [0.1, 0.15) is 0 Å². The maximum absolute atomic E-state index is 6.88. The molecule has 2 N–H and O–H groups in total. The molecule has 0 radical (unpaired) electrons. The lowest BCUT2D eigenvalue weighted by Crippen LogP contribution is -1.90. The number of anilines is 1. The van der Waals surface area contributed by atoms with Gasteiger partial charge in [-0.05, 0) is 17.8 Å². The summed E-state index contributed by atoms with van der Waals surface area (Å²) in [6.07, 6.45) is 6.08. The van der Waals surface area contributed by atoms with Crippen molar-refractivity contribution in [1.82, 2.24) is 0 Å². The number of allylic oxidation sites excluding steroid dienone is 1. The Morgan fingerprint density at radius 1 is 1.38 bits per heavy atom. The highest BCUT2D eigenvalue weighted by Gasteiger charge is 1.92. The molecule has 0 spiro atoms. The summed E-state index contributed by atoms with van der Waals surface area (Å²) < 4.78 is 0. The highest BCUT2D eigenvalue weighted by molar-refractivity contribution is 5.68. The molecule has 1 rings (SSSR count). The molecule has 0 amide bonds. The van der Waals surface area contributed by atoms with Crippen LogP contribution in [0.25, 0.3) is 6.08 Å². The van der Waals surface area contributed by atoms with E-state index in [1.807, 2.05) is 43.5 Å². The molecule has 2 heteroatoms. The smallest absolute Gasteiger partial charge is 0.0411 e. The average Bonchev–Trinajstić information content (AvgIpc) is 2.19. The zero-order valence-corrected chi connectivity index (χ0v) is 7.75. The SMILES string of the molecule is CNc1ccccc1/C=C\CC=N. The van der Waals surface area contributed by atoms with Gasteiger partial charge < -0.3 is 10.7 Å². The highest BCUT2D eigenvalue weighted by Crippen LogP contribution is 2.15. The minimum Gasteiger partial charge on any atom is -0.388 e. The number of hydrogen-bond donors (Lipinski definition) is 2. The van der Waals surface area contributed by atoms with Crippen molar-refractivity contribution >= 4 is 18.0 Å². The van der Waals surface area contributed by atoms with Gasteiger partial charge >= 0.3 is 0 Å². The van der Waals surface area contributed by atoms with Crippen molar-refractivity contribution in [3.8, 4) is 0 Å². The summed E-state index contributed by atoms with van der Waals surface area (Å²) in [4.78, 5) is 0. The van der Waals surface area contributed by atoms with E-state index >= 15 is 0 Å². The van der Waals surface area contributed by atoms with Crippen LogP contribution >= 0.6 is 0 Å². The van der Waals surface area contributed by atoms with E-state index < -0.39 is 0 Å². The predicted molar refractivity (Wildman–Crippen MR) is 58.4 cm³/mol. The Bertz CT molecular complexity index is 303. The number of rotatable bonds is 4. The third kappa shape index (κ3) is 2.75. The molecule has 0 bridgehead atoms. The van der Waals surface area contributed by atoms with Crippen molar-refractivity contribution in [3.63, 3.8) is 0 Å². The third-order valence-corrected chi connectivity index (χ3v) is 1.78. The van der Waals surface area contributed by atoms with E-state index in [2.05, 4.69) is 5.32 Å². The molecule has 0 aliphatic heterocycles. The molecular weight excluding hydrogens is 160 g/mol. The van der Waals surface area contributed by atoms with E-state index in [4.69, 9.17) is 5.41 Å². The molecule has 0 aliphatic rings. The third-order valence-electron chi connectivity index (χ3n) is 1.78. The van der Waals surface area contributed by atoms with E-state index in [0.717, 1.165) is 11.3 Å². The van der Waals surface area contributed by atoms with E-state index in [-0.39, 0.29) is 0 Å². The summed E-state index contributed by atoms with van der Waals surface area (Å²) in [6, 6.07) is 8.08. The summed E-state index contributed by atoms with van der Waals surface area (Å²) in [6.45, 7) is 0. The van der Waals surface area contributed by atoms with Crippen molar-refractivity contribution in [1.29, 1.82) is 5.41 Å². The molecule has 2 nitrogen and oxygen atoms in total. The topological polar surface area (TPSA) is 35.9 Å². The van der Waals surface area contributed by atoms with Gasteiger partial charge in [0, 0.05) is 19.2 Å². The first-order valence-corrected chi connectivity index (χ1v) is 4.30. The van der Waals surface area contributed by atoms with Crippen molar-refractivity contribution in [2.45, 2.75) is 6.42 Å². The second-order valence-electron chi connectivity index (χ2n) is 2.68. The summed E-state index contributed by atoms with van der Waals surface area (Å²) in [5.74, 6) is 0. The van der Waals surface area contributed by atoms with Crippen LogP contribution in [0.3, 0.4) is 0 Å². The summed E-state index contributed by atoms with van der Waals surface area (Å²) in [5.41, 5.74) is 2.27. The van der Waals surface area contributed by atoms with Crippen LogP contribution in [-0.4, -0.2) is 13.3 Å². The number of para-hydroxylation sites is 1. The largest absolute Gasteiger partial charge is 0.388 e. The minimum absolute atomic E-state index is 0.693. The van der Waals surface area contributed by atoms with Crippen LogP contribution in [0.2, 0.25) is 0 Å². The number of nitrogens with one attached hydrogen (secondary N) is 2. The molecule has 0 aromatic heterocycles. The Hall–Kier alpha value is -1.57. The maximum atomic E-state index is 6.88. The molecule has 0 saturated carbocycles. The van der Waals surface area contributed by atoms with E-state index in [1.54, 1.807) is 0 Å². The van der Waals surface area contributed by atoms with Crippen LogP contribution in [0.5, 0.6) is 0 Å². The van der Waals surface area contributed by atoms with E-state index in [9.17, 15) is 0 Å². The van der Waals surface area contributed by atoms with Gasteiger partial charge in [0.2, 0.25) is 0 Å². The number of hydrogen-bond acceptors (Lipinski definition) is 2. The van der Waals surface area contributed by atoms with E-state index in [1.165, 1.54) is 6.21 Å². The van der Waals surface area contributed by atoms with Crippen molar-refractivity contribution in [3.05, 3.63) is 35.9 Å². The Balaban J connectivity index is 2.80. The van der Waals surface area contributed by atoms with Crippen LogP contribution in [-0.2, 0) is 0 Å². The summed E-state index contributed by atoms with van der Waals surface area (Å²) >= 11 is 0. The molecule has 1 aromatic rings. The monoisotopic (exact) mass is 174 g/mol. The molecule has 0 atom stereocenters. The van der Waals surface area contributed by atoms with Crippen molar-refractivity contribution in [2.24, 2.45) is 0 Å². The Labute approximate surface area is 78.8 Å². The van der Waals surface area contributed by atoms with Gasteiger partial charge in [-0.2, -0.15) is 0 Å². The van der Waals surface area contributed by atoms with Crippen LogP contribution < -0.4 is 5.32 Å².